The Morgan fingerprint density at radius 3 is 1.76 bits per heavy atom. The third-order valence-electron chi connectivity index (χ3n) is 4.77. The molecular weight excluding hydrogens is 446 g/mol. The van der Waals surface area contributed by atoms with Crippen LogP contribution in [0.2, 0.25) is 0 Å². The van der Waals surface area contributed by atoms with Gasteiger partial charge in [-0.05, 0) is 37.5 Å². The van der Waals surface area contributed by atoms with Crippen LogP contribution >= 0.6 is 0 Å². The summed E-state index contributed by atoms with van der Waals surface area (Å²) in [6.45, 7) is 6.97. The Kier molecular flexibility index (Phi) is 14.5. The summed E-state index contributed by atoms with van der Waals surface area (Å²) in [6, 6.07) is -4.43. The molecule has 0 aromatic heterocycles. The number of carbonyl (C=O) groups is 4. The third kappa shape index (κ3) is 12.9. The number of hydrogen-bond acceptors (Lipinski definition) is 7. The highest BCUT2D eigenvalue weighted by atomic mass is 16.4. The lowest BCUT2D eigenvalue weighted by atomic mass is 10.00. The molecule has 0 saturated heterocycles. The zero-order valence-corrected chi connectivity index (χ0v) is 20.4. The van der Waals surface area contributed by atoms with E-state index >= 15 is 0 Å². The summed E-state index contributed by atoms with van der Waals surface area (Å²) in [6.07, 6.45) is 0.942. The number of nitrogens with zero attached hydrogens (tertiary/aromatic N) is 1. The summed E-state index contributed by atoms with van der Waals surface area (Å²) in [5, 5.41) is 26.1. The molecule has 0 bridgehead atoms. The fourth-order valence-corrected chi connectivity index (χ4v) is 3.07. The lowest BCUT2D eigenvalue weighted by molar-refractivity contribution is -0.143. The number of nitrogens with two attached hydrogens (primary N) is 3. The third-order valence-corrected chi connectivity index (χ3v) is 4.77. The molecule has 0 aliphatic heterocycles. The fraction of sp³-hybridized carbons (Fsp3) is 0.762. The van der Waals surface area contributed by atoms with Gasteiger partial charge in [-0.3, -0.25) is 19.4 Å². The number of aliphatic carboxylic acids is 1. The average molecular weight is 488 g/mol. The van der Waals surface area contributed by atoms with Crippen molar-refractivity contribution >= 4 is 29.7 Å². The Morgan fingerprint density at radius 2 is 1.29 bits per heavy atom. The van der Waals surface area contributed by atoms with E-state index in [1.165, 1.54) is 0 Å². The minimum Gasteiger partial charge on any atom is -0.480 e. The Morgan fingerprint density at radius 1 is 0.824 bits per heavy atom. The van der Waals surface area contributed by atoms with E-state index < -0.39 is 54.5 Å². The molecule has 4 unspecified atom stereocenters. The van der Waals surface area contributed by atoms with Gasteiger partial charge in [0.1, 0.15) is 24.2 Å². The number of amides is 3. The topological polar surface area (TPSA) is 235 Å². The second-order valence-electron chi connectivity index (χ2n) is 9.02. The predicted octanol–water partition coefficient (Wildman–Crippen LogP) is -2.01. The van der Waals surface area contributed by atoms with E-state index in [4.69, 9.17) is 22.3 Å². The van der Waals surface area contributed by atoms with Gasteiger partial charge in [0.15, 0.2) is 5.96 Å². The second kappa shape index (κ2) is 15.8. The van der Waals surface area contributed by atoms with Crippen LogP contribution < -0.4 is 33.2 Å². The molecule has 0 heterocycles. The van der Waals surface area contributed by atoms with Crippen LogP contribution in [0.4, 0.5) is 0 Å². The van der Waals surface area contributed by atoms with Crippen molar-refractivity contribution in [3.05, 3.63) is 0 Å². The van der Waals surface area contributed by atoms with Gasteiger partial charge < -0.3 is 43.4 Å². The van der Waals surface area contributed by atoms with Gasteiger partial charge in [0, 0.05) is 6.54 Å². The van der Waals surface area contributed by atoms with Crippen LogP contribution in [0, 0.1) is 11.8 Å². The number of guanidine groups is 1. The Balaban J connectivity index is 5.53. The first kappa shape index (κ1) is 31.1. The first-order valence-corrected chi connectivity index (χ1v) is 11.3. The minimum atomic E-state index is -1.23. The molecule has 13 nitrogen and oxygen atoms in total. The van der Waals surface area contributed by atoms with E-state index in [1.807, 2.05) is 27.7 Å². The molecule has 4 atom stereocenters. The highest BCUT2D eigenvalue weighted by molar-refractivity contribution is 5.94. The summed E-state index contributed by atoms with van der Waals surface area (Å²) >= 11 is 0. The Labute approximate surface area is 200 Å². The second-order valence-corrected chi connectivity index (χ2v) is 9.02. The van der Waals surface area contributed by atoms with Gasteiger partial charge in [-0.2, -0.15) is 0 Å². The SMILES string of the molecule is CC(C)CC(NC(=O)C(CC(C)C)NC(=O)C(CCCN=C(N)N)NC(=O)C(N)CO)C(=O)O. The van der Waals surface area contributed by atoms with Crippen molar-refractivity contribution in [2.24, 2.45) is 34.0 Å². The first-order valence-electron chi connectivity index (χ1n) is 11.3. The molecule has 0 aliphatic carbocycles. The Hall–Kier alpha value is -2.93. The van der Waals surface area contributed by atoms with Gasteiger partial charge in [-0.1, -0.05) is 27.7 Å². The van der Waals surface area contributed by atoms with E-state index in [0.717, 1.165) is 0 Å². The lowest BCUT2D eigenvalue weighted by Gasteiger charge is -2.26. The molecule has 0 aromatic carbocycles. The standard InChI is InChI=1S/C21H41N7O6/c1-11(2)8-15(19(32)28-16(20(33)34)9-12(3)4)27-18(31)14(6-5-7-25-21(23)24)26-17(30)13(22)10-29/h11-16,29H,5-10,22H2,1-4H3,(H,26,30)(H,27,31)(H,28,32)(H,33,34)(H4,23,24,25). The van der Waals surface area contributed by atoms with Gasteiger partial charge in [0.25, 0.3) is 0 Å². The molecular formula is C21H41N7O6. The molecule has 0 fully saturated rings. The van der Waals surface area contributed by atoms with Gasteiger partial charge in [0.05, 0.1) is 6.61 Å². The summed E-state index contributed by atoms with van der Waals surface area (Å²) < 4.78 is 0. The number of carboxylic acids is 1. The number of hydrogen-bond donors (Lipinski definition) is 8. The number of aliphatic imine (C=N–C) groups is 1. The highest BCUT2D eigenvalue weighted by Crippen LogP contribution is 2.10. The van der Waals surface area contributed by atoms with Crippen LogP contribution in [0.15, 0.2) is 4.99 Å². The van der Waals surface area contributed by atoms with Crippen molar-refractivity contribution in [2.75, 3.05) is 13.2 Å². The smallest absolute Gasteiger partial charge is 0.326 e. The maximum absolute atomic E-state index is 13.0. The number of aliphatic hydroxyl groups is 1. The zero-order chi connectivity index (χ0) is 26.4. The fourth-order valence-electron chi connectivity index (χ4n) is 3.07. The molecule has 0 radical (unpaired) electrons. The largest absolute Gasteiger partial charge is 0.480 e. The molecule has 3 amide bonds. The predicted molar refractivity (Wildman–Crippen MR) is 127 cm³/mol. The molecule has 0 rings (SSSR count). The lowest BCUT2D eigenvalue weighted by Crippen LogP contribution is -2.57. The first-order chi connectivity index (χ1) is 15.8. The molecule has 0 saturated carbocycles. The average Bonchev–Trinajstić information content (AvgIpc) is 2.72. The van der Waals surface area contributed by atoms with Gasteiger partial charge >= 0.3 is 5.97 Å². The summed E-state index contributed by atoms with van der Waals surface area (Å²) in [5.74, 6) is -3.28. The monoisotopic (exact) mass is 487 g/mol. The van der Waals surface area contributed by atoms with Crippen LogP contribution in [0.5, 0.6) is 0 Å². The van der Waals surface area contributed by atoms with E-state index in [1.54, 1.807) is 0 Å². The van der Waals surface area contributed by atoms with Crippen LogP contribution in [-0.4, -0.2) is 77.2 Å². The normalized spacial score (nSPS) is 14.6. The van der Waals surface area contributed by atoms with Gasteiger partial charge in [-0.25, -0.2) is 4.79 Å². The molecule has 0 aromatic rings. The number of carboxylic acid groups (broad SMARTS) is 1. The van der Waals surface area contributed by atoms with Gasteiger partial charge in [0.2, 0.25) is 17.7 Å². The minimum absolute atomic E-state index is 0.00199. The van der Waals surface area contributed by atoms with Crippen molar-refractivity contribution in [3.8, 4) is 0 Å². The van der Waals surface area contributed by atoms with E-state index in [2.05, 4.69) is 20.9 Å². The van der Waals surface area contributed by atoms with Crippen LogP contribution in [-0.2, 0) is 19.2 Å². The van der Waals surface area contributed by atoms with Crippen LogP contribution in [0.3, 0.4) is 0 Å². The summed E-state index contributed by atoms with van der Waals surface area (Å²) in [5.41, 5.74) is 16.1. The molecule has 0 aliphatic rings. The molecule has 13 heteroatoms. The van der Waals surface area contributed by atoms with Crippen molar-refractivity contribution in [3.63, 3.8) is 0 Å². The van der Waals surface area contributed by atoms with Crippen molar-refractivity contribution in [2.45, 2.75) is 77.5 Å². The maximum atomic E-state index is 13.0. The van der Waals surface area contributed by atoms with E-state index in [0.29, 0.717) is 6.42 Å². The van der Waals surface area contributed by atoms with Gasteiger partial charge in [-0.15, -0.1) is 0 Å². The molecule has 196 valence electrons. The van der Waals surface area contributed by atoms with Crippen molar-refractivity contribution < 1.29 is 29.4 Å². The van der Waals surface area contributed by atoms with E-state index in [9.17, 15) is 24.3 Å². The molecule has 34 heavy (non-hydrogen) atoms. The van der Waals surface area contributed by atoms with Crippen molar-refractivity contribution in [1.82, 2.24) is 16.0 Å². The Bertz CT molecular complexity index is 710. The number of rotatable bonds is 16. The molecule has 0 spiro atoms. The van der Waals surface area contributed by atoms with E-state index in [-0.39, 0.29) is 43.6 Å². The quantitative estimate of drug-likeness (QED) is 0.0681. The van der Waals surface area contributed by atoms with Crippen LogP contribution in [0.1, 0.15) is 53.4 Å². The number of aliphatic hydroxyl groups excluding tert-OH is 1. The number of nitrogens with one attached hydrogen (secondary N) is 3. The summed E-state index contributed by atoms with van der Waals surface area (Å²) in [4.78, 5) is 53.4. The summed E-state index contributed by atoms with van der Waals surface area (Å²) in [7, 11) is 0. The zero-order valence-electron chi connectivity index (χ0n) is 20.4. The number of carbonyl (C=O) groups excluding carboxylic acids is 3. The van der Waals surface area contributed by atoms with Crippen LogP contribution in [0.25, 0.3) is 0 Å². The molecule has 11 N–H and O–H groups in total. The van der Waals surface area contributed by atoms with Crippen molar-refractivity contribution in [1.29, 1.82) is 0 Å². The highest BCUT2D eigenvalue weighted by Gasteiger charge is 2.30. The maximum Gasteiger partial charge on any atom is 0.326 e.